The van der Waals surface area contributed by atoms with Gasteiger partial charge in [-0.15, -0.1) is 0 Å². The maximum absolute atomic E-state index is 9.57. The Labute approximate surface area is 126 Å². The average molecular weight is 282 g/mol. The topological polar surface area (TPSA) is 46.0 Å². The molecule has 0 saturated heterocycles. The van der Waals surface area contributed by atoms with Gasteiger partial charge >= 0.3 is 0 Å². The van der Waals surface area contributed by atoms with Gasteiger partial charge in [0.1, 0.15) is 5.82 Å². The van der Waals surface area contributed by atoms with Crippen molar-refractivity contribution < 1.29 is 5.11 Å². The van der Waals surface area contributed by atoms with E-state index in [1.165, 1.54) is 11.1 Å². The minimum atomic E-state index is 0.146. The normalized spacial score (nSPS) is 24.0. The molecule has 2 atom stereocenters. The zero-order chi connectivity index (χ0) is 14.9. The molecule has 1 aliphatic rings. The first-order valence-electron chi connectivity index (χ1n) is 7.61. The summed E-state index contributed by atoms with van der Waals surface area (Å²) >= 11 is 0. The molecule has 1 N–H and O–H groups in total. The van der Waals surface area contributed by atoms with E-state index in [9.17, 15) is 5.11 Å². The molecule has 1 saturated carbocycles. The smallest absolute Gasteiger partial charge is 0.125 e. The highest BCUT2D eigenvalue weighted by atomic mass is 16.3. The molecule has 110 valence electrons. The lowest BCUT2D eigenvalue weighted by atomic mass is 9.87. The third-order valence-electron chi connectivity index (χ3n) is 4.84. The molecule has 3 nitrogen and oxygen atoms in total. The van der Waals surface area contributed by atoms with E-state index in [4.69, 9.17) is 0 Å². The standard InChI is InChI=1S/C18H22N2O/c1-13-15(11-19-14(2)20-13)8-9-18(10-17(18)12-21)16-6-4-3-5-7-16/h3-7,11,17,21H,8-10,12H2,1-2H3. The summed E-state index contributed by atoms with van der Waals surface area (Å²) in [5.74, 6) is 1.22. The summed E-state index contributed by atoms with van der Waals surface area (Å²) in [6.45, 7) is 4.25. The summed E-state index contributed by atoms with van der Waals surface area (Å²) in [4.78, 5) is 8.76. The summed E-state index contributed by atoms with van der Waals surface area (Å²) < 4.78 is 0. The summed E-state index contributed by atoms with van der Waals surface area (Å²) in [6.07, 6.45) is 5.05. The van der Waals surface area contributed by atoms with Crippen LogP contribution in [0.1, 0.15) is 35.5 Å². The Balaban J connectivity index is 1.78. The van der Waals surface area contributed by atoms with E-state index in [-0.39, 0.29) is 12.0 Å². The predicted molar refractivity (Wildman–Crippen MR) is 83.1 cm³/mol. The summed E-state index contributed by atoms with van der Waals surface area (Å²) in [5, 5.41) is 9.57. The molecule has 0 radical (unpaired) electrons. The van der Waals surface area contributed by atoms with Crippen molar-refractivity contribution >= 4 is 0 Å². The van der Waals surface area contributed by atoms with Gasteiger partial charge in [0.05, 0.1) is 0 Å². The quantitative estimate of drug-likeness (QED) is 0.917. The monoisotopic (exact) mass is 282 g/mol. The van der Waals surface area contributed by atoms with Crippen LogP contribution >= 0.6 is 0 Å². The first-order chi connectivity index (χ1) is 10.2. The van der Waals surface area contributed by atoms with Crippen molar-refractivity contribution in [3.05, 3.63) is 59.2 Å². The Morgan fingerprint density at radius 3 is 2.62 bits per heavy atom. The molecule has 2 aromatic rings. The van der Waals surface area contributed by atoms with Gasteiger partial charge in [-0.3, -0.25) is 0 Å². The summed E-state index contributed by atoms with van der Waals surface area (Å²) in [7, 11) is 0. The van der Waals surface area contributed by atoms with Gasteiger partial charge in [0.15, 0.2) is 0 Å². The minimum absolute atomic E-state index is 0.146. The van der Waals surface area contributed by atoms with Crippen molar-refractivity contribution in [3.8, 4) is 0 Å². The number of aliphatic hydroxyl groups excluding tert-OH is 1. The van der Waals surface area contributed by atoms with E-state index in [1.54, 1.807) is 0 Å². The number of rotatable bonds is 5. The van der Waals surface area contributed by atoms with Crippen LogP contribution < -0.4 is 0 Å². The van der Waals surface area contributed by atoms with E-state index in [0.29, 0.717) is 5.92 Å². The first-order valence-corrected chi connectivity index (χ1v) is 7.61. The highest BCUT2D eigenvalue weighted by Crippen LogP contribution is 2.56. The number of aliphatic hydroxyl groups is 1. The Hall–Kier alpha value is -1.74. The molecule has 0 aliphatic heterocycles. The van der Waals surface area contributed by atoms with Gasteiger partial charge in [-0.1, -0.05) is 30.3 Å². The highest BCUT2D eigenvalue weighted by molar-refractivity contribution is 5.34. The van der Waals surface area contributed by atoms with Crippen molar-refractivity contribution in [2.45, 2.75) is 38.5 Å². The lowest BCUT2D eigenvalue weighted by Gasteiger charge is -2.18. The summed E-state index contributed by atoms with van der Waals surface area (Å²) in [5.41, 5.74) is 3.80. The average Bonchev–Trinajstić information content (AvgIpc) is 3.22. The van der Waals surface area contributed by atoms with Crippen LogP contribution in [-0.4, -0.2) is 21.7 Å². The molecule has 21 heavy (non-hydrogen) atoms. The second-order valence-electron chi connectivity index (χ2n) is 6.13. The van der Waals surface area contributed by atoms with Crippen molar-refractivity contribution in [2.24, 2.45) is 5.92 Å². The van der Waals surface area contributed by atoms with Gasteiger partial charge in [-0.05, 0) is 50.2 Å². The number of hydrogen-bond acceptors (Lipinski definition) is 3. The van der Waals surface area contributed by atoms with Crippen LogP contribution in [-0.2, 0) is 11.8 Å². The Kier molecular flexibility index (Phi) is 3.77. The van der Waals surface area contributed by atoms with Crippen molar-refractivity contribution in [1.82, 2.24) is 9.97 Å². The number of aromatic nitrogens is 2. The molecule has 0 spiro atoms. The summed E-state index contributed by atoms with van der Waals surface area (Å²) in [6, 6.07) is 10.6. The van der Waals surface area contributed by atoms with Gasteiger partial charge in [-0.2, -0.15) is 0 Å². The lowest BCUT2D eigenvalue weighted by molar-refractivity contribution is 0.261. The number of hydrogen-bond donors (Lipinski definition) is 1. The Morgan fingerprint density at radius 1 is 1.24 bits per heavy atom. The van der Waals surface area contributed by atoms with Crippen LogP contribution in [0.15, 0.2) is 36.5 Å². The minimum Gasteiger partial charge on any atom is -0.396 e. The second-order valence-corrected chi connectivity index (χ2v) is 6.13. The third-order valence-corrected chi connectivity index (χ3v) is 4.84. The fraction of sp³-hybridized carbons (Fsp3) is 0.444. The SMILES string of the molecule is Cc1ncc(CCC2(c3ccccc3)CC2CO)c(C)n1. The van der Waals surface area contributed by atoms with Crippen LogP contribution in [0.4, 0.5) is 0 Å². The largest absolute Gasteiger partial charge is 0.396 e. The zero-order valence-corrected chi connectivity index (χ0v) is 12.7. The fourth-order valence-electron chi connectivity index (χ4n) is 3.41. The number of aryl methyl sites for hydroxylation is 3. The molecule has 1 aliphatic carbocycles. The maximum atomic E-state index is 9.57. The molecule has 1 aromatic heterocycles. The fourth-order valence-corrected chi connectivity index (χ4v) is 3.41. The molecular formula is C18H22N2O. The van der Waals surface area contributed by atoms with Gasteiger partial charge in [0.2, 0.25) is 0 Å². The molecule has 3 heteroatoms. The number of benzene rings is 1. The van der Waals surface area contributed by atoms with Gasteiger partial charge in [-0.25, -0.2) is 9.97 Å². The van der Waals surface area contributed by atoms with Crippen LogP contribution in [0, 0.1) is 19.8 Å². The highest BCUT2D eigenvalue weighted by Gasteiger charge is 2.53. The molecular weight excluding hydrogens is 260 g/mol. The molecule has 3 rings (SSSR count). The van der Waals surface area contributed by atoms with Gasteiger partial charge in [0.25, 0.3) is 0 Å². The molecule has 1 aromatic carbocycles. The molecule has 0 amide bonds. The van der Waals surface area contributed by atoms with E-state index >= 15 is 0 Å². The first kappa shape index (κ1) is 14.2. The predicted octanol–water partition coefficient (Wildman–Crippen LogP) is 2.98. The zero-order valence-electron chi connectivity index (χ0n) is 12.7. The van der Waals surface area contributed by atoms with E-state index in [1.807, 2.05) is 19.2 Å². The molecule has 0 bridgehead atoms. The van der Waals surface area contributed by atoms with E-state index in [0.717, 1.165) is 30.8 Å². The van der Waals surface area contributed by atoms with Crippen LogP contribution in [0.5, 0.6) is 0 Å². The molecule has 1 fully saturated rings. The van der Waals surface area contributed by atoms with Crippen LogP contribution in [0.3, 0.4) is 0 Å². The van der Waals surface area contributed by atoms with E-state index in [2.05, 4.69) is 41.2 Å². The third kappa shape index (κ3) is 2.70. The molecule has 1 heterocycles. The Morgan fingerprint density at radius 2 is 2.00 bits per heavy atom. The van der Waals surface area contributed by atoms with Gasteiger partial charge in [0, 0.05) is 23.9 Å². The van der Waals surface area contributed by atoms with Crippen molar-refractivity contribution in [2.75, 3.05) is 6.61 Å². The van der Waals surface area contributed by atoms with Gasteiger partial charge < -0.3 is 5.11 Å². The van der Waals surface area contributed by atoms with Crippen molar-refractivity contribution in [1.29, 1.82) is 0 Å². The van der Waals surface area contributed by atoms with Crippen molar-refractivity contribution in [3.63, 3.8) is 0 Å². The van der Waals surface area contributed by atoms with E-state index < -0.39 is 0 Å². The molecule has 2 unspecified atom stereocenters. The lowest BCUT2D eigenvalue weighted by Crippen LogP contribution is -2.14. The number of nitrogens with zero attached hydrogens (tertiary/aromatic N) is 2. The van der Waals surface area contributed by atoms with Crippen LogP contribution in [0.25, 0.3) is 0 Å². The van der Waals surface area contributed by atoms with Crippen LogP contribution in [0.2, 0.25) is 0 Å². The maximum Gasteiger partial charge on any atom is 0.125 e. The second kappa shape index (κ2) is 5.57. The Bertz CT molecular complexity index is 626.